The molecule has 0 radical (unpaired) electrons. The molecule has 1 heterocycles. The summed E-state index contributed by atoms with van der Waals surface area (Å²) in [6.45, 7) is 2.80. The van der Waals surface area contributed by atoms with Gasteiger partial charge in [-0.1, -0.05) is 0 Å². The molecule has 0 saturated carbocycles. The van der Waals surface area contributed by atoms with Gasteiger partial charge < -0.3 is 19.3 Å². The number of benzene rings is 1. The Morgan fingerprint density at radius 3 is 2.38 bits per heavy atom. The number of aliphatic carboxylic acids is 1. The van der Waals surface area contributed by atoms with Crippen LogP contribution in [-0.4, -0.2) is 48.3 Å². The Hall–Kier alpha value is -1.93. The minimum absolute atomic E-state index is 0. The van der Waals surface area contributed by atoms with Crippen LogP contribution in [0.3, 0.4) is 0 Å². The van der Waals surface area contributed by atoms with Crippen LogP contribution >= 0.6 is 12.4 Å². The van der Waals surface area contributed by atoms with Gasteiger partial charge in [-0.2, -0.15) is 13.2 Å². The van der Waals surface area contributed by atoms with Gasteiger partial charge >= 0.3 is 12.1 Å². The van der Waals surface area contributed by atoms with Crippen LogP contribution in [0.1, 0.15) is 16.8 Å². The Balaban J connectivity index is 0.00000338. The van der Waals surface area contributed by atoms with Crippen LogP contribution in [-0.2, 0) is 23.9 Å². The topological polar surface area (TPSA) is 54.7 Å². The minimum Gasteiger partial charge on any atom is -0.496 e. The van der Waals surface area contributed by atoms with Gasteiger partial charge in [-0.25, -0.2) is 0 Å². The van der Waals surface area contributed by atoms with Gasteiger partial charge in [-0.3, -0.25) is 4.79 Å². The Labute approximate surface area is 155 Å². The van der Waals surface area contributed by atoms with E-state index in [-0.39, 0.29) is 24.6 Å². The molecule has 0 saturated heterocycles. The third kappa shape index (κ3) is 4.42. The molecular formula is C17H22ClF3N2O3. The second kappa shape index (κ2) is 8.18. The van der Waals surface area contributed by atoms with Crippen molar-refractivity contribution in [1.29, 1.82) is 0 Å². The molecule has 0 bridgehead atoms. The fourth-order valence-corrected chi connectivity index (χ4v) is 2.92. The summed E-state index contributed by atoms with van der Waals surface area (Å²) >= 11 is 0. The quantitative estimate of drug-likeness (QED) is 0.813. The van der Waals surface area contributed by atoms with E-state index in [0.717, 1.165) is 6.07 Å². The third-order valence-electron chi connectivity index (χ3n) is 4.18. The maximum Gasteiger partial charge on any atom is 0.420 e. The summed E-state index contributed by atoms with van der Waals surface area (Å²) in [5.41, 5.74) is 0.658. The minimum atomic E-state index is -4.56. The zero-order chi connectivity index (χ0) is 18.9. The first kappa shape index (κ1) is 22.1. The van der Waals surface area contributed by atoms with Crippen LogP contribution in [0, 0.1) is 6.92 Å². The molecule has 146 valence electrons. The number of ether oxygens (including phenoxy) is 1. The molecule has 0 atom stereocenters. The second-order valence-electron chi connectivity index (χ2n) is 6.16. The van der Waals surface area contributed by atoms with Crippen LogP contribution < -0.4 is 4.74 Å². The lowest BCUT2D eigenvalue weighted by molar-refractivity contribution is -0.139. The standard InChI is InChI=1S/C17H21F3N2O3.ClH/c1-10-11(8-16(23)24)12-7-15(25-4)13(17(18,19)20)9-14(12)22(10)6-5-21(2)3;/h7,9H,5-6,8H2,1-4H3,(H,23,24);1H. The molecule has 0 aliphatic carbocycles. The predicted molar refractivity (Wildman–Crippen MR) is 95.4 cm³/mol. The van der Waals surface area contributed by atoms with Crippen molar-refractivity contribution in [3.05, 3.63) is 29.0 Å². The number of carbonyl (C=O) groups is 1. The van der Waals surface area contributed by atoms with E-state index >= 15 is 0 Å². The molecule has 9 heteroatoms. The summed E-state index contributed by atoms with van der Waals surface area (Å²) in [5.74, 6) is -1.34. The van der Waals surface area contributed by atoms with Crippen LogP contribution in [0.15, 0.2) is 12.1 Å². The molecule has 1 N–H and O–H groups in total. The predicted octanol–water partition coefficient (Wildman–Crippen LogP) is 3.59. The highest BCUT2D eigenvalue weighted by Crippen LogP contribution is 2.40. The Kier molecular flexibility index (Phi) is 6.95. The van der Waals surface area contributed by atoms with Gasteiger partial charge in [0.05, 0.1) is 19.1 Å². The summed E-state index contributed by atoms with van der Waals surface area (Å²) in [6, 6.07) is 2.33. The number of carboxylic acid groups (broad SMARTS) is 1. The molecule has 0 spiro atoms. The largest absolute Gasteiger partial charge is 0.496 e. The van der Waals surface area contributed by atoms with Crippen molar-refractivity contribution in [1.82, 2.24) is 9.47 Å². The van der Waals surface area contributed by atoms with E-state index in [1.807, 2.05) is 19.0 Å². The summed E-state index contributed by atoms with van der Waals surface area (Å²) in [7, 11) is 4.90. The van der Waals surface area contributed by atoms with Crippen molar-refractivity contribution >= 4 is 29.3 Å². The number of hydrogen-bond acceptors (Lipinski definition) is 3. The molecule has 0 fully saturated rings. The number of rotatable bonds is 6. The number of carboxylic acids is 1. The Morgan fingerprint density at radius 1 is 1.31 bits per heavy atom. The highest BCUT2D eigenvalue weighted by molar-refractivity contribution is 5.91. The van der Waals surface area contributed by atoms with E-state index in [4.69, 9.17) is 9.84 Å². The molecule has 0 aliphatic rings. The molecule has 26 heavy (non-hydrogen) atoms. The summed E-state index contributed by atoms with van der Waals surface area (Å²) in [6.07, 6.45) is -4.82. The van der Waals surface area contributed by atoms with Crippen molar-refractivity contribution in [3.63, 3.8) is 0 Å². The second-order valence-corrected chi connectivity index (χ2v) is 6.16. The number of fused-ring (bicyclic) bond motifs is 1. The maximum atomic E-state index is 13.3. The van der Waals surface area contributed by atoms with Crippen LogP contribution in [0.4, 0.5) is 13.2 Å². The van der Waals surface area contributed by atoms with Crippen molar-refractivity contribution in [2.75, 3.05) is 27.7 Å². The van der Waals surface area contributed by atoms with E-state index in [2.05, 4.69) is 0 Å². The number of likely N-dealkylation sites (N-methyl/N-ethyl adjacent to an activating group) is 1. The Bertz CT molecular complexity index is 801. The normalized spacial score (nSPS) is 11.7. The fraction of sp³-hybridized carbons (Fsp3) is 0.471. The summed E-state index contributed by atoms with van der Waals surface area (Å²) < 4.78 is 46.6. The van der Waals surface area contributed by atoms with Gasteiger partial charge in [0, 0.05) is 29.7 Å². The zero-order valence-corrected chi connectivity index (χ0v) is 15.8. The van der Waals surface area contributed by atoms with Gasteiger partial charge in [0.1, 0.15) is 5.75 Å². The van der Waals surface area contributed by atoms with E-state index < -0.39 is 17.7 Å². The van der Waals surface area contributed by atoms with E-state index in [9.17, 15) is 18.0 Å². The van der Waals surface area contributed by atoms with Crippen molar-refractivity contribution < 1.29 is 27.8 Å². The van der Waals surface area contributed by atoms with E-state index in [1.165, 1.54) is 13.2 Å². The van der Waals surface area contributed by atoms with E-state index in [0.29, 0.717) is 35.2 Å². The van der Waals surface area contributed by atoms with Crippen molar-refractivity contribution in [2.24, 2.45) is 0 Å². The molecule has 0 amide bonds. The van der Waals surface area contributed by atoms with Crippen LogP contribution in [0.25, 0.3) is 10.9 Å². The van der Waals surface area contributed by atoms with Crippen molar-refractivity contribution in [2.45, 2.75) is 26.1 Å². The first-order valence-electron chi connectivity index (χ1n) is 7.69. The first-order chi connectivity index (χ1) is 11.6. The molecule has 5 nitrogen and oxygen atoms in total. The molecule has 2 aromatic rings. The highest BCUT2D eigenvalue weighted by Gasteiger charge is 2.35. The first-order valence-corrected chi connectivity index (χ1v) is 7.69. The van der Waals surface area contributed by atoms with Crippen molar-refractivity contribution in [3.8, 4) is 5.75 Å². The lowest BCUT2D eigenvalue weighted by atomic mass is 10.0. The number of aromatic nitrogens is 1. The number of hydrogen-bond donors (Lipinski definition) is 1. The fourth-order valence-electron chi connectivity index (χ4n) is 2.92. The molecule has 1 aromatic carbocycles. The van der Waals surface area contributed by atoms with Gasteiger partial charge in [0.25, 0.3) is 0 Å². The SMILES string of the molecule is COc1cc2c(CC(=O)O)c(C)n(CCN(C)C)c2cc1C(F)(F)F.Cl. The highest BCUT2D eigenvalue weighted by atomic mass is 35.5. The van der Waals surface area contributed by atoms with Gasteiger partial charge in [0.15, 0.2) is 0 Å². The lowest BCUT2D eigenvalue weighted by Gasteiger charge is -2.15. The van der Waals surface area contributed by atoms with Crippen LogP contribution in [0.2, 0.25) is 0 Å². The van der Waals surface area contributed by atoms with E-state index in [1.54, 1.807) is 11.5 Å². The number of nitrogens with zero attached hydrogens (tertiary/aromatic N) is 2. The zero-order valence-electron chi connectivity index (χ0n) is 15.0. The number of halogens is 4. The molecule has 0 unspecified atom stereocenters. The average Bonchev–Trinajstić information content (AvgIpc) is 2.74. The van der Waals surface area contributed by atoms with Crippen LogP contribution in [0.5, 0.6) is 5.75 Å². The lowest BCUT2D eigenvalue weighted by Crippen LogP contribution is -2.19. The summed E-state index contributed by atoms with van der Waals surface area (Å²) in [4.78, 5) is 13.1. The van der Waals surface area contributed by atoms with Gasteiger partial charge in [-0.05, 0) is 38.7 Å². The van der Waals surface area contributed by atoms with Gasteiger partial charge in [-0.15, -0.1) is 12.4 Å². The molecular weight excluding hydrogens is 373 g/mol. The number of methoxy groups -OCH3 is 1. The summed E-state index contributed by atoms with van der Waals surface area (Å²) in [5, 5.41) is 9.64. The molecule has 2 rings (SSSR count). The molecule has 1 aromatic heterocycles. The average molecular weight is 395 g/mol. The maximum absolute atomic E-state index is 13.3. The Morgan fingerprint density at radius 2 is 1.92 bits per heavy atom. The molecule has 0 aliphatic heterocycles. The van der Waals surface area contributed by atoms with Gasteiger partial charge in [0.2, 0.25) is 0 Å². The number of alkyl halides is 3. The monoisotopic (exact) mass is 394 g/mol. The smallest absolute Gasteiger partial charge is 0.420 e. The third-order valence-corrected chi connectivity index (χ3v) is 4.18.